The Morgan fingerprint density at radius 2 is 1.48 bits per heavy atom. The van der Waals surface area contributed by atoms with Gasteiger partial charge in [-0.15, -0.1) is 0 Å². The molecule has 0 aliphatic rings. The van der Waals surface area contributed by atoms with Gasteiger partial charge in [0.05, 0.1) is 13.2 Å². The van der Waals surface area contributed by atoms with Crippen LogP contribution in [-0.4, -0.2) is 42.5 Å². The third-order valence-corrected chi connectivity index (χ3v) is 3.42. The first-order valence-electron chi connectivity index (χ1n) is 9.20. The molecule has 0 aliphatic heterocycles. The maximum Gasteiger partial charge on any atom is 0.308 e. The number of carbonyl (C=O) groups is 2. The van der Waals surface area contributed by atoms with E-state index in [-0.39, 0.29) is 12.8 Å². The van der Waals surface area contributed by atoms with Crippen LogP contribution in [0.5, 0.6) is 0 Å². The Balaban J connectivity index is 4.30. The van der Waals surface area contributed by atoms with Crippen molar-refractivity contribution in [2.45, 2.75) is 91.3 Å². The highest BCUT2D eigenvalue weighted by Crippen LogP contribution is 2.19. The van der Waals surface area contributed by atoms with Gasteiger partial charge >= 0.3 is 11.9 Å². The standard InChI is InChI=1S/C18H34O7/c1-5-7-13-22-18(4,23-14-8-6-2)25-15(3)24-17(21)12-10-9-11-16(19)20/h15H,5-14H2,1-4H3,(H,19,20). The maximum absolute atomic E-state index is 11.8. The lowest BCUT2D eigenvalue weighted by Gasteiger charge is -2.32. The molecule has 0 aromatic heterocycles. The van der Waals surface area contributed by atoms with E-state index in [0.717, 1.165) is 25.7 Å². The molecule has 148 valence electrons. The molecule has 0 rings (SSSR count). The number of carboxylic acids is 1. The summed E-state index contributed by atoms with van der Waals surface area (Å²) in [4.78, 5) is 22.2. The first-order valence-corrected chi connectivity index (χ1v) is 9.20. The molecule has 0 spiro atoms. The zero-order valence-electron chi connectivity index (χ0n) is 16.0. The van der Waals surface area contributed by atoms with Gasteiger partial charge < -0.3 is 19.3 Å². The van der Waals surface area contributed by atoms with Crippen molar-refractivity contribution in [3.63, 3.8) is 0 Å². The van der Waals surface area contributed by atoms with Crippen LogP contribution in [0.25, 0.3) is 0 Å². The maximum atomic E-state index is 11.8. The number of rotatable bonds is 16. The smallest absolute Gasteiger partial charge is 0.308 e. The molecule has 1 unspecified atom stereocenters. The van der Waals surface area contributed by atoms with Gasteiger partial charge in [-0.3, -0.25) is 14.3 Å². The SMILES string of the molecule is CCCCOC(C)(OCCCC)OC(C)OC(=O)CCCCC(=O)O. The van der Waals surface area contributed by atoms with Crippen molar-refractivity contribution >= 4 is 11.9 Å². The Bertz CT molecular complexity index is 360. The summed E-state index contributed by atoms with van der Waals surface area (Å²) < 4.78 is 22.2. The number of hydrogen-bond donors (Lipinski definition) is 1. The molecule has 25 heavy (non-hydrogen) atoms. The Labute approximate surface area is 151 Å². The summed E-state index contributed by atoms with van der Waals surface area (Å²) in [6.45, 7) is 8.40. The van der Waals surface area contributed by atoms with Crippen LogP contribution in [0, 0.1) is 0 Å². The van der Waals surface area contributed by atoms with Crippen LogP contribution in [0.1, 0.15) is 79.1 Å². The van der Waals surface area contributed by atoms with E-state index in [2.05, 4.69) is 13.8 Å². The Hall–Kier alpha value is -1.18. The molecule has 0 aromatic rings. The zero-order valence-corrected chi connectivity index (χ0v) is 16.0. The monoisotopic (exact) mass is 362 g/mol. The van der Waals surface area contributed by atoms with Gasteiger partial charge in [0.25, 0.3) is 5.97 Å². The van der Waals surface area contributed by atoms with E-state index in [0.29, 0.717) is 26.1 Å². The van der Waals surface area contributed by atoms with E-state index in [1.165, 1.54) is 0 Å². The van der Waals surface area contributed by atoms with Crippen LogP contribution >= 0.6 is 0 Å². The molecular formula is C18H34O7. The van der Waals surface area contributed by atoms with Gasteiger partial charge in [0, 0.05) is 19.8 Å². The van der Waals surface area contributed by atoms with E-state index >= 15 is 0 Å². The number of carbonyl (C=O) groups excluding carboxylic acids is 1. The Morgan fingerprint density at radius 1 is 0.960 bits per heavy atom. The number of esters is 1. The summed E-state index contributed by atoms with van der Waals surface area (Å²) in [6, 6.07) is 0. The van der Waals surface area contributed by atoms with Crippen LogP contribution in [0.4, 0.5) is 0 Å². The van der Waals surface area contributed by atoms with Crippen molar-refractivity contribution < 1.29 is 33.6 Å². The summed E-state index contributed by atoms with van der Waals surface area (Å²) in [6.07, 6.45) is 4.05. The Kier molecular flexibility index (Phi) is 13.4. The van der Waals surface area contributed by atoms with Crippen LogP contribution in [0.3, 0.4) is 0 Å². The summed E-state index contributed by atoms with van der Waals surface area (Å²) in [5, 5.41) is 8.57. The van der Waals surface area contributed by atoms with E-state index in [4.69, 9.17) is 24.1 Å². The molecule has 0 saturated heterocycles. The van der Waals surface area contributed by atoms with Crippen LogP contribution in [0.15, 0.2) is 0 Å². The van der Waals surface area contributed by atoms with Crippen molar-refractivity contribution in [2.24, 2.45) is 0 Å². The quantitative estimate of drug-likeness (QED) is 0.253. The van der Waals surface area contributed by atoms with Gasteiger partial charge in [0.2, 0.25) is 6.29 Å². The molecule has 0 radical (unpaired) electrons. The highest BCUT2D eigenvalue weighted by Gasteiger charge is 2.30. The van der Waals surface area contributed by atoms with Crippen molar-refractivity contribution in [1.29, 1.82) is 0 Å². The molecule has 0 aliphatic carbocycles. The van der Waals surface area contributed by atoms with Gasteiger partial charge in [-0.2, -0.15) is 0 Å². The topological polar surface area (TPSA) is 91.3 Å². The first kappa shape index (κ1) is 23.8. The summed E-state index contributed by atoms with van der Waals surface area (Å²) >= 11 is 0. The van der Waals surface area contributed by atoms with Crippen molar-refractivity contribution in [1.82, 2.24) is 0 Å². The molecule has 1 N–H and O–H groups in total. The highest BCUT2D eigenvalue weighted by molar-refractivity contribution is 5.69. The van der Waals surface area contributed by atoms with E-state index < -0.39 is 24.2 Å². The summed E-state index contributed by atoms with van der Waals surface area (Å²) in [5.41, 5.74) is 0. The molecule has 0 bridgehead atoms. The molecule has 0 saturated carbocycles. The fourth-order valence-electron chi connectivity index (χ4n) is 2.03. The molecule has 0 fully saturated rings. The average Bonchev–Trinajstić information content (AvgIpc) is 2.51. The van der Waals surface area contributed by atoms with Crippen molar-refractivity contribution in [2.75, 3.05) is 13.2 Å². The van der Waals surface area contributed by atoms with Crippen molar-refractivity contribution in [3.05, 3.63) is 0 Å². The van der Waals surface area contributed by atoms with Gasteiger partial charge in [0.15, 0.2) is 0 Å². The van der Waals surface area contributed by atoms with E-state index in [1.54, 1.807) is 13.8 Å². The predicted molar refractivity (Wildman–Crippen MR) is 92.9 cm³/mol. The van der Waals surface area contributed by atoms with E-state index in [1.807, 2.05) is 0 Å². The molecule has 0 heterocycles. The van der Waals surface area contributed by atoms with Crippen LogP contribution in [-0.2, 0) is 28.5 Å². The molecule has 1 atom stereocenters. The lowest BCUT2D eigenvalue weighted by atomic mass is 10.2. The minimum Gasteiger partial charge on any atom is -0.481 e. The fourth-order valence-corrected chi connectivity index (χ4v) is 2.03. The van der Waals surface area contributed by atoms with Crippen LogP contribution in [0.2, 0.25) is 0 Å². The number of unbranched alkanes of at least 4 members (excludes halogenated alkanes) is 3. The molecule has 0 aromatic carbocycles. The third kappa shape index (κ3) is 13.8. The second-order valence-electron chi connectivity index (χ2n) is 6.04. The normalized spacial score (nSPS) is 12.8. The number of ether oxygens (including phenoxy) is 4. The molecule has 7 heteroatoms. The fraction of sp³-hybridized carbons (Fsp3) is 0.889. The lowest BCUT2D eigenvalue weighted by Crippen LogP contribution is -2.40. The minimum atomic E-state index is -1.26. The number of aliphatic carboxylic acids is 1. The average molecular weight is 362 g/mol. The second kappa shape index (κ2) is 14.0. The highest BCUT2D eigenvalue weighted by atomic mass is 16.9. The van der Waals surface area contributed by atoms with E-state index in [9.17, 15) is 9.59 Å². The summed E-state index contributed by atoms with van der Waals surface area (Å²) in [5.74, 6) is -2.55. The van der Waals surface area contributed by atoms with Gasteiger partial charge in [-0.1, -0.05) is 26.7 Å². The van der Waals surface area contributed by atoms with Crippen molar-refractivity contribution in [3.8, 4) is 0 Å². The summed E-state index contributed by atoms with van der Waals surface area (Å²) in [7, 11) is 0. The first-order chi connectivity index (χ1) is 11.8. The van der Waals surface area contributed by atoms with Gasteiger partial charge in [0.1, 0.15) is 0 Å². The Morgan fingerprint density at radius 3 is 1.96 bits per heavy atom. The number of hydrogen-bond acceptors (Lipinski definition) is 6. The largest absolute Gasteiger partial charge is 0.481 e. The number of carboxylic acid groups (broad SMARTS) is 1. The second-order valence-corrected chi connectivity index (χ2v) is 6.04. The molecule has 0 amide bonds. The van der Waals surface area contributed by atoms with Gasteiger partial charge in [-0.25, -0.2) is 0 Å². The van der Waals surface area contributed by atoms with Gasteiger partial charge in [-0.05, 0) is 32.6 Å². The minimum absolute atomic E-state index is 0.0495. The van der Waals surface area contributed by atoms with Crippen LogP contribution < -0.4 is 0 Å². The predicted octanol–water partition coefficient (Wildman–Crippen LogP) is 3.84. The zero-order chi connectivity index (χ0) is 19.1. The third-order valence-electron chi connectivity index (χ3n) is 3.42. The molecular weight excluding hydrogens is 328 g/mol. The molecule has 7 nitrogen and oxygen atoms in total. The lowest BCUT2D eigenvalue weighted by molar-refractivity contribution is -0.403.